The van der Waals surface area contributed by atoms with Crippen LogP contribution in [0.2, 0.25) is 5.02 Å². The number of rotatable bonds is 4. The molecule has 0 radical (unpaired) electrons. The van der Waals surface area contributed by atoms with E-state index in [2.05, 4.69) is 12.2 Å². The van der Waals surface area contributed by atoms with Crippen LogP contribution in [-0.4, -0.2) is 13.1 Å². The summed E-state index contributed by atoms with van der Waals surface area (Å²) in [6.45, 7) is 4.14. The molecule has 0 saturated heterocycles. The normalized spacial score (nSPS) is 24.2. The van der Waals surface area contributed by atoms with E-state index in [1.165, 1.54) is 18.6 Å². The zero-order valence-electron chi connectivity index (χ0n) is 8.76. The van der Waals surface area contributed by atoms with Crippen molar-refractivity contribution >= 4 is 11.6 Å². The summed E-state index contributed by atoms with van der Waals surface area (Å²) in [6.07, 6.45) is 1.17. The van der Waals surface area contributed by atoms with E-state index < -0.39 is 0 Å². The zero-order chi connectivity index (χ0) is 10.8. The topological polar surface area (TPSA) is 12.0 Å². The molecule has 1 saturated carbocycles. The van der Waals surface area contributed by atoms with E-state index in [1.807, 2.05) is 6.07 Å². The average molecular weight is 228 g/mol. The van der Waals surface area contributed by atoms with Crippen molar-refractivity contribution in [1.29, 1.82) is 0 Å². The van der Waals surface area contributed by atoms with Crippen molar-refractivity contribution in [1.82, 2.24) is 5.32 Å². The van der Waals surface area contributed by atoms with Crippen molar-refractivity contribution in [2.24, 2.45) is 5.92 Å². The molecule has 3 heteroatoms. The SMILES string of the molecule is CCNCC1CC1c1ccc(F)cc1Cl. The van der Waals surface area contributed by atoms with Gasteiger partial charge in [-0.05, 0) is 49.0 Å². The monoisotopic (exact) mass is 227 g/mol. The number of halogens is 2. The fraction of sp³-hybridized carbons (Fsp3) is 0.500. The molecule has 2 unspecified atom stereocenters. The van der Waals surface area contributed by atoms with Gasteiger partial charge in [-0.3, -0.25) is 0 Å². The van der Waals surface area contributed by atoms with Gasteiger partial charge in [-0.25, -0.2) is 4.39 Å². The van der Waals surface area contributed by atoms with Crippen molar-refractivity contribution in [3.8, 4) is 0 Å². The first-order chi connectivity index (χ1) is 7.22. The van der Waals surface area contributed by atoms with Gasteiger partial charge < -0.3 is 5.32 Å². The Hall–Kier alpha value is -0.600. The molecule has 1 N–H and O–H groups in total. The number of nitrogens with one attached hydrogen (secondary N) is 1. The smallest absolute Gasteiger partial charge is 0.124 e. The van der Waals surface area contributed by atoms with Crippen molar-refractivity contribution in [2.45, 2.75) is 19.3 Å². The van der Waals surface area contributed by atoms with Gasteiger partial charge in [0.05, 0.1) is 0 Å². The second kappa shape index (κ2) is 4.50. The maximum atomic E-state index is 12.8. The molecule has 2 rings (SSSR count). The highest BCUT2D eigenvalue weighted by atomic mass is 35.5. The van der Waals surface area contributed by atoms with Crippen LogP contribution in [-0.2, 0) is 0 Å². The summed E-state index contributed by atoms with van der Waals surface area (Å²) in [5.74, 6) is 0.942. The quantitative estimate of drug-likeness (QED) is 0.833. The molecule has 0 heterocycles. The largest absolute Gasteiger partial charge is 0.317 e. The maximum Gasteiger partial charge on any atom is 0.124 e. The molecule has 1 aromatic rings. The third-order valence-electron chi connectivity index (χ3n) is 2.94. The Bertz CT molecular complexity index is 353. The lowest BCUT2D eigenvalue weighted by Gasteiger charge is -2.04. The summed E-state index contributed by atoms with van der Waals surface area (Å²) in [7, 11) is 0. The van der Waals surface area contributed by atoms with E-state index in [0.717, 1.165) is 18.7 Å². The van der Waals surface area contributed by atoms with Crippen molar-refractivity contribution < 1.29 is 4.39 Å². The Morgan fingerprint density at radius 2 is 2.33 bits per heavy atom. The zero-order valence-corrected chi connectivity index (χ0v) is 9.52. The maximum absolute atomic E-state index is 12.8. The number of hydrogen-bond acceptors (Lipinski definition) is 1. The van der Waals surface area contributed by atoms with Crippen LogP contribution in [0.5, 0.6) is 0 Å². The molecule has 0 amide bonds. The highest BCUT2D eigenvalue weighted by molar-refractivity contribution is 6.31. The van der Waals surface area contributed by atoms with Crippen molar-refractivity contribution in [2.75, 3.05) is 13.1 Å². The summed E-state index contributed by atoms with van der Waals surface area (Å²) >= 11 is 6.00. The van der Waals surface area contributed by atoms with Crippen molar-refractivity contribution in [3.63, 3.8) is 0 Å². The minimum Gasteiger partial charge on any atom is -0.317 e. The highest BCUT2D eigenvalue weighted by Gasteiger charge is 2.38. The standard InChI is InChI=1S/C12H15ClFN/c1-2-15-7-8-5-11(8)10-4-3-9(14)6-12(10)13/h3-4,6,8,11,15H,2,5,7H2,1H3. The lowest BCUT2D eigenvalue weighted by Crippen LogP contribution is -2.16. The fourth-order valence-corrected chi connectivity index (χ4v) is 2.29. The first-order valence-corrected chi connectivity index (χ1v) is 5.75. The summed E-state index contributed by atoms with van der Waals surface area (Å²) in [5.41, 5.74) is 1.10. The minimum absolute atomic E-state index is 0.257. The van der Waals surface area contributed by atoms with Gasteiger partial charge in [0, 0.05) is 5.02 Å². The van der Waals surface area contributed by atoms with Gasteiger partial charge >= 0.3 is 0 Å². The molecule has 0 bridgehead atoms. The van der Waals surface area contributed by atoms with Crippen LogP contribution in [0.15, 0.2) is 18.2 Å². The molecular formula is C12H15ClFN. The van der Waals surface area contributed by atoms with Gasteiger partial charge in [0.15, 0.2) is 0 Å². The summed E-state index contributed by atoms with van der Waals surface area (Å²) in [4.78, 5) is 0. The molecule has 82 valence electrons. The Labute approximate surface area is 94.6 Å². The van der Waals surface area contributed by atoms with Gasteiger partial charge in [0.2, 0.25) is 0 Å². The molecule has 1 fully saturated rings. The second-order valence-electron chi connectivity index (χ2n) is 4.08. The molecule has 2 atom stereocenters. The lowest BCUT2D eigenvalue weighted by atomic mass is 10.1. The Kier molecular flexibility index (Phi) is 3.27. The van der Waals surface area contributed by atoms with Gasteiger partial charge in [0.1, 0.15) is 5.82 Å². The lowest BCUT2D eigenvalue weighted by molar-refractivity contribution is 0.625. The summed E-state index contributed by atoms with van der Waals surface area (Å²) < 4.78 is 12.8. The van der Waals surface area contributed by atoms with Crippen LogP contribution >= 0.6 is 11.6 Å². The molecule has 0 spiro atoms. The van der Waals surface area contributed by atoms with E-state index in [-0.39, 0.29) is 5.82 Å². The Morgan fingerprint density at radius 1 is 1.53 bits per heavy atom. The predicted molar refractivity (Wildman–Crippen MR) is 60.8 cm³/mol. The van der Waals surface area contributed by atoms with Crippen LogP contribution in [0.1, 0.15) is 24.8 Å². The fourth-order valence-electron chi connectivity index (χ4n) is 1.99. The van der Waals surface area contributed by atoms with Crippen LogP contribution < -0.4 is 5.32 Å². The van der Waals surface area contributed by atoms with Crippen LogP contribution in [0.25, 0.3) is 0 Å². The summed E-state index contributed by atoms with van der Waals surface area (Å²) in [5, 5.41) is 3.89. The van der Waals surface area contributed by atoms with E-state index in [1.54, 1.807) is 0 Å². The molecule has 1 aliphatic carbocycles. The molecule has 1 nitrogen and oxygen atoms in total. The molecule has 15 heavy (non-hydrogen) atoms. The number of benzene rings is 1. The second-order valence-corrected chi connectivity index (χ2v) is 4.48. The Morgan fingerprint density at radius 3 is 3.00 bits per heavy atom. The van der Waals surface area contributed by atoms with Crippen molar-refractivity contribution in [3.05, 3.63) is 34.6 Å². The Balaban J connectivity index is 2.00. The first-order valence-electron chi connectivity index (χ1n) is 5.38. The third kappa shape index (κ3) is 2.50. The van der Waals surface area contributed by atoms with Gasteiger partial charge in [-0.2, -0.15) is 0 Å². The van der Waals surface area contributed by atoms with E-state index in [0.29, 0.717) is 16.9 Å². The van der Waals surface area contributed by atoms with Crippen LogP contribution in [0.4, 0.5) is 4.39 Å². The third-order valence-corrected chi connectivity index (χ3v) is 3.27. The summed E-state index contributed by atoms with van der Waals surface area (Å²) in [6, 6.07) is 4.71. The van der Waals surface area contributed by atoms with E-state index >= 15 is 0 Å². The average Bonchev–Trinajstić information content (AvgIpc) is 2.94. The molecule has 0 aromatic heterocycles. The van der Waals surface area contributed by atoms with Crippen LogP contribution in [0, 0.1) is 11.7 Å². The van der Waals surface area contributed by atoms with Crippen LogP contribution in [0.3, 0.4) is 0 Å². The minimum atomic E-state index is -0.257. The van der Waals surface area contributed by atoms with E-state index in [9.17, 15) is 4.39 Å². The number of hydrogen-bond donors (Lipinski definition) is 1. The molecule has 0 aliphatic heterocycles. The first kappa shape index (κ1) is 10.9. The molecule has 1 aromatic carbocycles. The van der Waals surface area contributed by atoms with E-state index in [4.69, 9.17) is 11.6 Å². The predicted octanol–water partition coefficient (Wildman–Crippen LogP) is 3.19. The molecule has 1 aliphatic rings. The highest BCUT2D eigenvalue weighted by Crippen LogP contribution is 2.49. The molecular weight excluding hydrogens is 213 g/mol. The van der Waals surface area contributed by atoms with Gasteiger partial charge in [0.25, 0.3) is 0 Å². The van der Waals surface area contributed by atoms with Gasteiger partial charge in [-0.1, -0.05) is 24.6 Å². The van der Waals surface area contributed by atoms with Gasteiger partial charge in [-0.15, -0.1) is 0 Å².